The zero-order chi connectivity index (χ0) is 19.4. The molecule has 144 valence electrons. The summed E-state index contributed by atoms with van der Waals surface area (Å²) < 4.78 is 19.6. The molecule has 0 aliphatic heterocycles. The maximum atomic E-state index is 13.9. The maximum Gasteiger partial charge on any atom is 0.303 e. The molecule has 0 aromatic heterocycles. The first kappa shape index (κ1) is 19.8. The molecule has 0 radical (unpaired) electrons. The molecule has 0 saturated heterocycles. The van der Waals surface area contributed by atoms with E-state index in [9.17, 15) is 9.18 Å². The lowest BCUT2D eigenvalue weighted by molar-refractivity contribution is -0.136. The molecule has 0 bridgehead atoms. The molecule has 7 heteroatoms. The lowest BCUT2D eigenvalue weighted by Crippen LogP contribution is -2.27. The number of anilines is 1. The summed E-state index contributed by atoms with van der Waals surface area (Å²) in [6.45, 7) is 0.116. The summed E-state index contributed by atoms with van der Waals surface area (Å²) in [5, 5.41) is 12.7. The average molecular weight is 412 g/mol. The minimum atomic E-state index is -0.889. The molecule has 1 saturated carbocycles. The van der Waals surface area contributed by atoms with Gasteiger partial charge in [0.2, 0.25) is 0 Å². The fraction of sp³-hybridized carbons (Fsp3) is 0.350. The van der Waals surface area contributed by atoms with Crippen LogP contribution < -0.4 is 10.1 Å². The van der Waals surface area contributed by atoms with Gasteiger partial charge in [-0.15, -0.1) is 0 Å². The Bertz CT molecular complexity index is 817. The summed E-state index contributed by atoms with van der Waals surface area (Å²) in [5.41, 5.74) is 2.12. The van der Waals surface area contributed by atoms with Crippen molar-refractivity contribution in [2.24, 2.45) is 0 Å². The van der Waals surface area contributed by atoms with E-state index in [0.29, 0.717) is 33.8 Å². The Labute approximate surface area is 167 Å². The molecule has 1 aliphatic rings. The summed E-state index contributed by atoms with van der Waals surface area (Å²) in [6, 6.07) is 8.42. The van der Waals surface area contributed by atoms with Gasteiger partial charge < -0.3 is 15.2 Å². The van der Waals surface area contributed by atoms with Crippen molar-refractivity contribution in [1.29, 1.82) is 0 Å². The van der Waals surface area contributed by atoms with E-state index in [4.69, 9.17) is 33.0 Å². The molecule has 2 N–H and O–H groups in total. The van der Waals surface area contributed by atoms with Gasteiger partial charge in [0, 0.05) is 18.2 Å². The lowest BCUT2D eigenvalue weighted by atomic mass is 9.93. The number of aliphatic carboxylic acids is 1. The molecule has 3 rings (SSSR count). The average Bonchev–Trinajstić information content (AvgIpc) is 2.55. The molecule has 2 aromatic rings. The second-order valence-corrected chi connectivity index (χ2v) is 7.51. The highest BCUT2D eigenvalue weighted by atomic mass is 35.5. The molecule has 1 fully saturated rings. The van der Waals surface area contributed by atoms with E-state index >= 15 is 0 Å². The molecule has 1 aliphatic carbocycles. The predicted octanol–water partition coefficient (Wildman–Crippen LogP) is 5.69. The van der Waals surface area contributed by atoms with Crippen molar-refractivity contribution in [3.63, 3.8) is 0 Å². The van der Waals surface area contributed by atoms with E-state index in [0.717, 1.165) is 24.1 Å². The highest BCUT2D eigenvalue weighted by Crippen LogP contribution is 2.35. The second-order valence-electron chi connectivity index (χ2n) is 6.69. The Morgan fingerprint density at radius 3 is 2.44 bits per heavy atom. The van der Waals surface area contributed by atoms with Crippen LogP contribution in [0.15, 0.2) is 30.3 Å². The van der Waals surface area contributed by atoms with Crippen LogP contribution in [0.5, 0.6) is 5.75 Å². The predicted molar refractivity (Wildman–Crippen MR) is 104 cm³/mol. The van der Waals surface area contributed by atoms with Gasteiger partial charge in [-0.2, -0.15) is 0 Å². The lowest BCUT2D eigenvalue weighted by Gasteiger charge is -2.27. The number of carboxylic acids is 1. The number of aryl methyl sites for hydroxylation is 1. The van der Waals surface area contributed by atoms with Crippen molar-refractivity contribution in [3.05, 3.63) is 57.3 Å². The molecule has 0 heterocycles. The van der Waals surface area contributed by atoms with Gasteiger partial charge in [-0.3, -0.25) is 4.79 Å². The monoisotopic (exact) mass is 411 g/mol. The zero-order valence-electron chi connectivity index (χ0n) is 14.6. The first-order chi connectivity index (χ1) is 12.9. The van der Waals surface area contributed by atoms with Crippen LogP contribution in [0.3, 0.4) is 0 Å². The van der Waals surface area contributed by atoms with Gasteiger partial charge >= 0.3 is 5.97 Å². The molecule has 0 amide bonds. The van der Waals surface area contributed by atoms with E-state index in [1.165, 1.54) is 18.6 Å². The maximum absolute atomic E-state index is 13.9. The number of rotatable bonds is 8. The van der Waals surface area contributed by atoms with Gasteiger partial charge in [-0.1, -0.05) is 23.2 Å². The number of nitrogens with one attached hydrogen (secondary N) is 1. The molecule has 0 unspecified atom stereocenters. The van der Waals surface area contributed by atoms with E-state index in [1.54, 1.807) is 12.1 Å². The summed E-state index contributed by atoms with van der Waals surface area (Å²) in [4.78, 5) is 10.7. The topological polar surface area (TPSA) is 58.6 Å². The first-order valence-electron chi connectivity index (χ1n) is 8.79. The van der Waals surface area contributed by atoms with Crippen LogP contribution in [-0.4, -0.2) is 17.1 Å². The van der Waals surface area contributed by atoms with E-state index in [-0.39, 0.29) is 18.8 Å². The van der Waals surface area contributed by atoms with Gasteiger partial charge in [0.25, 0.3) is 0 Å². The van der Waals surface area contributed by atoms with Gasteiger partial charge in [-0.05, 0) is 67.1 Å². The minimum absolute atomic E-state index is 0.00702. The SMILES string of the molecule is O=C(O)CCc1cc(Cl)c(OCc2cc(F)cc(NC3CCC3)c2)c(Cl)c1. The van der Waals surface area contributed by atoms with Crippen LogP contribution >= 0.6 is 23.2 Å². The van der Waals surface area contributed by atoms with Crippen LogP contribution in [0.4, 0.5) is 10.1 Å². The Morgan fingerprint density at radius 2 is 1.85 bits per heavy atom. The van der Waals surface area contributed by atoms with Crippen LogP contribution in [0.25, 0.3) is 0 Å². The molecule has 4 nitrogen and oxygen atoms in total. The highest BCUT2D eigenvalue weighted by Gasteiger charge is 2.17. The zero-order valence-corrected chi connectivity index (χ0v) is 16.1. The number of ether oxygens (including phenoxy) is 1. The number of halogens is 3. The second kappa shape index (κ2) is 8.81. The van der Waals surface area contributed by atoms with Crippen LogP contribution in [0, 0.1) is 5.82 Å². The minimum Gasteiger partial charge on any atom is -0.486 e. The Kier molecular flexibility index (Phi) is 6.45. The third-order valence-corrected chi connectivity index (χ3v) is 5.06. The summed E-state index contributed by atoms with van der Waals surface area (Å²) in [7, 11) is 0. The molecule has 27 heavy (non-hydrogen) atoms. The van der Waals surface area contributed by atoms with Crippen molar-refractivity contribution in [2.45, 2.75) is 44.8 Å². The standard InChI is InChI=1S/C20H20Cl2FNO3/c21-17-8-12(4-5-19(25)26)9-18(22)20(17)27-11-13-6-14(23)10-16(7-13)24-15-2-1-3-15/h6-10,15,24H,1-5,11H2,(H,25,26). The van der Waals surface area contributed by atoms with Crippen molar-refractivity contribution >= 4 is 34.9 Å². The molecule has 0 spiro atoms. The number of carboxylic acid groups (broad SMARTS) is 1. The normalized spacial score (nSPS) is 13.9. The Balaban J connectivity index is 1.68. The number of hydrogen-bond acceptors (Lipinski definition) is 3. The van der Waals surface area contributed by atoms with Crippen LogP contribution in [-0.2, 0) is 17.8 Å². The molecule has 2 aromatic carbocycles. The number of hydrogen-bond donors (Lipinski definition) is 2. The van der Waals surface area contributed by atoms with Crippen LogP contribution in [0.2, 0.25) is 10.0 Å². The molecular weight excluding hydrogens is 392 g/mol. The quantitative estimate of drug-likeness (QED) is 0.585. The Morgan fingerprint density at radius 1 is 1.15 bits per heavy atom. The Hall–Kier alpha value is -1.98. The fourth-order valence-corrected chi connectivity index (χ4v) is 3.55. The van der Waals surface area contributed by atoms with Gasteiger partial charge in [0.15, 0.2) is 5.75 Å². The van der Waals surface area contributed by atoms with E-state index < -0.39 is 5.97 Å². The van der Waals surface area contributed by atoms with Gasteiger partial charge in [0.05, 0.1) is 10.0 Å². The molecule has 0 atom stereocenters. The number of benzene rings is 2. The van der Waals surface area contributed by atoms with Gasteiger partial charge in [0.1, 0.15) is 12.4 Å². The fourth-order valence-electron chi connectivity index (χ4n) is 2.91. The van der Waals surface area contributed by atoms with Crippen molar-refractivity contribution in [3.8, 4) is 5.75 Å². The summed E-state index contributed by atoms with van der Waals surface area (Å²) in [6.07, 6.45) is 3.72. The third-order valence-electron chi connectivity index (χ3n) is 4.50. The van der Waals surface area contributed by atoms with E-state index in [1.807, 2.05) is 6.07 Å². The third kappa shape index (κ3) is 5.50. The summed E-state index contributed by atoms with van der Waals surface area (Å²) >= 11 is 12.5. The molecular formula is C20H20Cl2FNO3. The van der Waals surface area contributed by atoms with Gasteiger partial charge in [-0.25, -0.2) is 4.39 Å². The van der Waals surface area contributed by atoms with Crippen molar-refractivity contribution < 1.29 is 19.0 Å². The first-order valence-corrected chi connectivity index (χ1v) is 9.55. The van der Waals surface area contributed by atoms with Crippen LogP contribution in [0.1, 0.15) is 36.8 Å². The summed E-state index contributed by atoms with van der Waals surface area (Å²) in [5.74, 6) is -0.922. The number of carbonyl (C=O) groups is 1. The smallest absolute Gasteiger partial charge is 0.303 e. The largest absolute Gasteiger partial charge is 0.486 e. The van der Waals surface area contributed by atoms with Crippen molar-refractivity contribution in [2.75, 3.05) is 5.32 Å². The highest BCUT2D eigenvalue weighted by molar-refractivity contribution is 6.37. The van der Waals surface area contributed by atoms with E-state index in [2.05, 4.69) is 5.32 Å². The van der Waals surface area contributed by atoms with Crippen molar-refractivity contribution in [1.82, 2.24) is 0 Å².